The molecular weight excluding hydrogens is 385 g/mol. The maximum absolute atomic E-state index is 13.9. The van der Waals surface area contributed by atoms with Crippen LogP contribution in [0, 0.1) is 11.7 Å². The van der Waals surface area contributed by atoms with Gasteiger partial charge in [0.05, 0.1) is 19.1 Å². The molecule has 0 amide bonds. The molecule has 2 heterocycles. The molecular formula is C23H34FN3O3. The van der Waals surface area contributed by atoms with Gasteiger partial charge in [0.2, 0.25) is 0 Å². The molecule has 2 aliphatic heterocycles. The summed E-state index contributed by atoms with van der Waals surface area (Å²) in [5.74, 6) is 0.530. The minimum atomic E-state index is -0.218. The molecule has 1 aromatic carbocycles. The lowest BCUT2D eigenvalue weighted by atomic mass is 9.74. The number of rotatable bonds is 6. The van der Waals surface area contributed by atoms with E-state index in [4.69, 9.17) is 14.5 Å². The average Bonchev–Trinajstić information content (AvgIpc) is 2.77. The summed E-state index contributed by atoms with van der Waals surface area (Å²) < 4.78 is 24.7. The zero-order valence-corrected chi connectivity index (χ0v) is 18.2. The molecule has 6 nitrogen and oxygen atoms in total. The molecule has 0 unspecified atom stereocenters. The summed E-state index contributed by atoms with van der Waals surface area (Å²) >= 11 is 0. The van der Waals surface area contributed by atoms with Crippen molar-refractivity contribution in [3.05, 3.63) is 35.6 Å². The number of esters is 1. The molecule has 1 N–H and O–H groups in total. The van der Waals surface area contributed by atoms with Crippen LogP contribution in [0.3, 0.4) is 0 Å². The first-order valence-electron chi connectivity index (χ1n) is 11.1. The number of carbonyl (C=O) groups is 1. The first-order valence-corrected chi connectivity index (χ1v) is 11.1. The largest absolute Gasteiger partial charge is 0.466 e. The molecule has 7 heteroatoms. The molecule has 0 atom stereocenters. The van der Waals surface area contributed by atoms with E-state index in [1.807, 2.05) is 13.0 Å². The molecule has 30 heavy (non-hydrogen) atoms. The maximum Gasteiger partial charge on any atom is 0.309 e. The van der Waals surface area contributed by atoms with Crippen LogP contribution in [0.1, 0.15) is 45.1 Å². The van der Waals surface area contributed by atoms with Gasteiger partial charge in [-0.3, -0.25) is 9.79 Å². The lowest BCUT2D eigenvalue weighted by Gasteiger charge is -2.38. The summed E-state index contributed by atoms with van der Waals surface area (Å²) in [7, 11) is 0. The molecule has 0 aliphatic carbocycles. The van der Waals surface area contributed by atoms with Crippen molar-refractivity contribution in [2.45, 2.75) is 44.9 Å². The van der Waals surface area contributed by atoms with Crippen LogP contribution in [0.2, 0.25) is 0 Å². The van der Waals surface area contributed by atoms with E-state index >= 15 is 0 Å². The Morgan fingerprint density at radius 3 is 2.67 bits per heavy atom. The molecule has 2 aliphatic rings. The standard InChI is InChI=1S/C23H34FN3O3/c1-3-25-22(27-12-8-18(9-13-27)21(28)30-4-2)26-17-23(10-14-29-15-11-23)19-6-5-7-20(24)16-19/h5-7,16,18H,3-4,8-15,17H2,1-2H3,(H,25,26). The minimum Gasteiger partial charge on any atom is -0.466 e. The number of aliphatic imine (C=N–C) groups is 1. The highest BCUT2D eigenvalue weighted by Gasteiger charge is 2.35. The number of nitrogens with zero attached hydrogens (tertiary/aromatic N) is 2. The van der Waals surface area contributed by atoms with Crippen molar-refractivity contribution in [2.75, 3.05) is 46.0 Å². The Labute approximate surface area is 178 Å². The van der Waals surface area contributed by atoms with E-state index in [1.165, 1.54) is 6.07 Å². The number of carbonyl (C=O) groups excluding carboxylic acids is 1. The van der Waals surface area contributed by atoms with Gasteiger partial charge >= 0.3 is 5.97 Å². The third-order valence-electron chi connectivity index (χ3n) is 6.17. The van der Waals surface area contributed by atoms with Crippen molar-refractivity contribution in [3.63, 3.8) is 0 Å². The predicted molar refractivity (Wildman–Crippen MR) is 115 cm³/mol. The second kappa shape index (κ2) is 10.8. The number of benzene rings is 1. The van der Waals surface area contributed by atoms with Crippen molar-refractivity contribution < 1.29 is 18.7 Å². The lowest BCUT2D eigenvalue weighted by Crippen LogP contribution is -2.47. The highest BCUT2D eigenvalue weighted by atomic mass is 19.1. The van der Waals surface area contributed by atoms with Gasteiger partial charge < -0.3 is 19.7 Å². The quantitative estimate of drug-likeness (QED) is 0.436. The number of nitrogens with one attached hydrogen (secondary N) is 1. The Bertz CT molecular complexity index is 726. The fraction of sp³-hybridized carbons (Fsp3) is 0.652. The van der Waals surface area contributed by atoms with Gasteiger partial charge in [-0.1, -0.05) is 12.1 Å². The Hall–Kier alpha value is -2.15. The molecule has 0 aromatic heterocycles. The van der Waals surface area contributed by atoms with Gasteiger partial charge in [0, 0.05) is 38.3 Å². The van der Waals surface area contributed by atoms with Crippen LogP contribution in [0.15, 0.2) is 29.3 Å². The lowest BCUT2D eigenvalue weighted by molar-refractivity contribution is -0.149. The Kier molecular flexibility index (Phi) is 8.08. The summed E-state index contributed by atoms with van der Waals surface area (Å²) in [4.78, 5) is 19.2. The van der Waals surface area contributed by atoms with E-state index in [0.717, 1.165) is 56.8 Å². The van der Waals surface area contributed by atoms with E-state index in [9.17, 15) is 9.18 Å². The Morgan fingerprint density at radius 2 is 2.03 bits per heavy atom. The van der Waals surface area contributed by atoms with E-state index in [1.54, 1.807) is 12.1 Å². The Morgan fingerprint density at radius 1 is 1.30 bits per heavy atom. The van der Waals surface area contributed by atoms with Gasteiger partial charge in [-0.2, -0.15) is 0 Å². The summed E-state index contributed by atoms with van der Waals surface area (Å²) in [5, 5.41) is 3.40. The normalized spacial score (nSPS) is 20.1. The number of ether oxygens (including phenoxy) is 2. The van der Waals surface area contributed by atoms with Gasteiger partial charge in [0.25, 0.3) is 0 Å². The molecule has 2 saturated heterocycles. The average molecular weight is 420 g/mol. The fourth-order valence-electron chi connectivity index (χ4n) is 4.36. The summed E-state index contributed by atoms with van der Waals surface area (Å²) in [5.41, 5.74) is 0.774. The SMILES string of the molecule is CCNC(=NCC1(c2cccc(F)c2)CCOCC1)N1CCC(C(=O)OCC)CC1. The molecule has 166 valence electrons. The van der Waals surface area contributed by atoms with Crippen LogP contribution in [0.25, 0.3) is 0 Å². The molecule has 0 bridgehead atoms. The van der Waals surface area contributed by atoms with Crippen molar-refractivity contribution in [3.8, 4) is 0 Å². The van der Waals surface area contributed by atoms with Crippen molar-refractivity contribution in [1.29, 1.82) is 0 Å². The van der Waals surface area contributed by atoms with Gasteiger partial charge in [-0.25, -0.2) is 4.39 Å². The van der Waals surface area contributed by atoms with E-state index < -0.39 is 0 Å². The van der Waals surface area contributed by atoms with E-state index in [0.29, 0.717) is 26.4 Å². The smallest absolute Gasteiger partial charge is 0.309 e. The summed E-state index contributed by atoms with van der Waals surface area (Å²) in [6, 6.07) is 6.90. The number of halogens is 1. The van der Waals surface area contributed by atoms with Crippen LogP contribution < -0.4 is 5.32 Å². The van der Waals surface area contributed by atoms with Crippen molar-refractivity contribution in [2.24, 2.45) is 10.9 Å². The molecule has 0 radical (unpaired) electrons. The van der Waals surface area contributed by atoms with E-state index in [2.05, 4.69) is 17.1 Å². The van der Waals surface area contributed by atoms with Gasteiger partial charge in [0.1, 0.15) is 5.82 Å². The minimum absolute atomic E-state index is 0.0294. The number of likely N-dealkylation sites (tertiary alicyclic amines) is 1. The summed E-state index contributed by atoms with van der Waals surface area (Å²) in [6.45, 7) is 8.53. The zero-order chi connectivity index (χ0) is 21.4. The monoisotopic (exact) mass is 419 g/mol. The number of guanidine groups is 1. The molecule has 0 spiro atoms. The van der Waals surface area contributed by atoms with Crippen molar-refractivity contribution in [1.82, 2.24) is 10.2 Å². The maximum atomic E-state index is 13.9. The number of hydrogen-bond donors (Lipinski definition) is 1. The van der Waals surface area contributed by atoms with Gasteiger partial charge in [0.15, 0.2) is 5.96 Å². The van der Waals surface area contributed by atoms with Crippen LogP contribution in [0.5, 0.6) is 0 Å². The highest BCUT2D eigenvalue weighted by molar-refractivity contribution is 5.80. The summed E-state index contributed by atoms with van der Waals surface area (Å²) in [6.07, 6.45) is 3.19. The van der Waals surface area contributed by atoms with Gasteiger partial charge in [-0.05, 0) is 57.2 Å². The first kappa shape index (κ1) is 22.5. The fourth-order valence-corrected chi connectivity index (χ4v) is 4.36. The van der Waals surface area contributed by atoms with E-state index in [-0.39, 0.29) is 23.1 Å². The Balaban J connectivity index is 1.73. The van der Waals surface area contributed by atoms with Crippen LogP contribution in [-0.2, 0) is 19.7 Å². The van der Waals surface area contributed by atoms with Crippen LogP contribution >= 0.6 is 0 Å². The third kappa shape index (κ3) is 5.50. The number of hydrogen-bond acceptors (Lipinski definition) is 4. The second-order valence-corrected chi connectivity index (χ2v) is 8.09. The highest BCUT2D eigenvalue weighted by Crippen LogP contribution is 2.35. The van der Waals surface area contributed by atoms with Crippen LogP contribution in [-0.4, -0.2) is 62.8 Å². The molecule has 2 fully saturated rings. The zero-order valence-electron chi connectivity index (χ0n) is 18.2. The van der Waals surface area contributed by atoms with Crippen LogP contribution in [0.4, 0.5) is 4.39 Å². The predicted octanol–water partition coefficient (Wildman–Crippen LogP) is 3.11. The topological polar surface area (TPSA) is 63.2 Å². The van der Waals surface area contributed by atoms with Gasteiger partial charge in [-0.15, -0.1) is 0 Å². The van der Waals surface area contributed by atoms with Crippen molar-refractivity contribution >= 4 is 11.9 Å². The first-order chi connectivity index (χ1) is 14.6. The number of piperidine rings is 1. The third-order valence-corrected chi connectivity index (χ3v) is 6.17. The molecule has 3 rings (SSSR count). The second-order valence-electron chi connectivity index (χ2n) is 8.09. The molecule has 0 saturated carbocycles. The molecule has 1 aromatic rings.